The Balaban J connectivity index is 0.788. The molecule has 0 aliphatic carbocycles. The van der Waals surface area contributed by atoms with Crippen molar-refractivity contribution in [3.8, 4) is 0 Å². The molecule has 0 unspecified atom stereocenters. The molecule has 0 radical (unpaired) electrons. The third kappa shape index (κ3) is 6.12. The van der Waals surface area contributed by atoms with Crippen molar-refractivity contribution in [2.45, 2.75) is 0 Å². The Kier molecular flexibility index (Phi) is 8.85. The molecule has 0 saturated carbocycles. The van der Waals surface area contributed by atoms with Gasteiger partial charge in [-0.2, -0.15) is 0 Å². The fourth-order valence-electron chi connectivity index (χ4n) is 13.4. The standard InChI is InChI=1S/C74H42N2O4/c1-3-17-45(18-4-1)75(59-41-67-73(53-25-13-11-23-51(53)59)71-49-21-9-7-15-43(49)27-35-63(71)79-67)47-29-31-57-65(39-47)77-61-37-33-56-55(69(57)61)34-38-62-70(56)58-32-30-48(40-66(58)78-62)76(46-19-5-2-6-20-46)60-42-68-74(54-26-14-12-24-52(54)60)72-50-22-10-8-16-44(50)28-36-64(72)80-68/h1-42H. The first-order chi connectivity index (χ1) is 39.7. The van der Waals surface area contributed by atoms with Crippen molar-refractivity contribution < 1.29 is 17.7 Å². The van der Waals surface area contributed by atoms with E-state index in [-0.39, 0.29) is 0 Å². The number of para-hydroxylation sites is 2. The molecule has 14 aromatic carbocycles. The lowest BCUT2D eigenvalue weighted by Crippen LogP contribution is -2.10. The number of nitrogens with zero attached hydrogens (tertiary/aromatic N) is 2. The van der Waals surface area contributed by atoms with Gasteiger partial charge in [-0.1, -0.05) is 146 Å². The maximum absolute atomic E-state index is 6.88. The van der Waals surface area contributed by atoms with Crippen molar-refractivity contribution in [2.75, 3.05) is 9.80 Å². The lowest BCUT2D eigenvalue weighted by Gasteiger charge is -2.27. The molecule has 4 aromatic heterocycles. The van der Waals surface area contributed by atoms with Gasteiger partial charge in [0.2, 0.25) is 0 Å². The Labute approximate surface area is 455 Å². The summed E-state index contributed by atoms with van der Waals surface area (Å²) in [7, 11) is 0. The zero-order chi connectivity index (χ0) is 52.2. The second-order valence-electron chi connectivity index (χ2n) is 21.0. The molecule has 4 heterocycles. The highest BCUT2D eigenvalue weighted by molar-refractivity contribution is 6.31. The van der Waals surface area contributed by atoms with Gasteiger partial charge in [0.05, 0.1) is 11.4 Å². The van der Waals surface area contributed by atoms with E-state index in [4.69, 9.17) is 17.7 Å². The van der Waals surface area contributed by atoms with E-state index in [1.807, 2.05) is 0 Å². The van der Waals surface area contributed by atoms with Crippen LogP contribution in [-0.2, 0) is 0 Å². The monoisotopic (exact) mass is 1020 g/mol. The smallest absolute Gasteiger partial charge is 0.138 e. The summed E-state index contributed by atoms with van der Waals surface area (Å²) in [5.41, 5.74) is 12.7. The zero-order valence-electron chi connectivity index (χ0n) is 42.8. The summed E-state index contributed by atoms with van der Waals surface area (Å²) in [6.07, 6.45) is 0. The van der Waals surface area contributed by atoms with Gasteiger partial charge in [0.1, 0.15) is 44.7 Å². The van der Waals surface area contributed by atoms with Gasteiger partial charge in [0.25, 0.3) is 0 Å². The summed E-state index contributed by atoms with van der Waals surface area (Å²) in [6, 6.07) is 90.4. The number of fused-ring (bicyclic) bond motifs is 23. The molecule has 0 fully saturated rings. The van der Waals surface area contributed by atoms with Crippen LogP contribution >= 0.6 is 0 Å². The minimum atomic E-state index is 0.802. The first kappa shape index (κ1) is 43.3. The molecule has 0 N–H and O–H groups in total. The average molecular weight is 1020 g/mol. The van der Waals surface area contributed by atoms with Gasteiger partial charge >= 0.3 is 0 Å². The number of hydrogen-bond acceptors (Lipinski definition) is 6. The van der Waals surface area contributed by atoms with Gasteiger partial charge in [-0.3, -0.25) is 0 Å². The normalized spacial score (nSPS) is 12.2. The molecular formula is C74H42N2O4. The van der Waals surface area contributed by atoms with E-state index in [1.54, 1.807) is 0 Å². The van der Waals surface area contributed by atoms with Crippen molar-refractivity contribution in [1.82, 2.24) is 0 Å². The van der Waals surface area contributed by atoms with Gasteiger partial charge < -0.3 is 27.5 Å². The predicted octanol–water partition coefficient (Wildman–Crippen LogP) is 22.0. The van der Waals surface area contributed by atoms with Crippen LogP contribution in [-0.4, -0.2) is 0 Å². The first-order valence-corrected chi connectivity index (χ1v) is 27.1. The predicted molar refractivity (Wildman–Crippen MR) is 332 cm³/mol. The van der Waals surface area contributed by atoms with Crippen LogP contribution in [0.1, 0.15) is 0 Å². The molecule has 0 aliphatic heterocycles. The van der Waals surface area contributed by atoms with Crippen molar-refractivity contribution >= 4 is 176 Å². The average Bonchev–Trinajstić information content (AvgIpc) is 4.35. The second kappa shape index (κ2) is 16.4. The van der Waals surface area contributed by atoms with Gasteiger partial charge in [-0.25, -0.2) is 0 Å². The van der Waals surface area contributed by atoms with Crippen LogP contribution in [0, 0.1) is 0 Å². The molecule has 0 amide bonds. The summed E-state index contributed by atoms with van der Waals surface area (Å²) in [5, 5.41) is 20.2. The fraction of sp³-hybridized carbons (Fsp3) is 0. The summed E-state index contributed by atoms with van der Waals surface area (Å²) < 4.78 is 27.3. The number of rotatable bonds is 6. The van der Waals surface area contributed by atoms with Crippen LogP contribution in [0.4, 0.5) is 34.1 Å². The van der Waals surface area contributed by atoms with Crippen molar-refractivity contribution in [3.05, 3.63) is 255 Å². The number of anilines is 6. The van der Waals surface area contributed by atoms with E-state index >= 15 is 0 Å². The third-order valence-electron chi connectivity index (χ3n) is 16.8. The summed E-state index contributed by atoms with van der Waals surface area (Å²) >= 11 is 0. The molecule has 0 spiro atoms. The van der Waals surface area contributed by atoms with Crippen LogP contribution in [0.15, 0.2) is 272 Å². The van der Waals surface area contributed by atoms with Gasteiger partial charge in [0, 0.05) is 101 Å². The second-order valence-corrected chi connectivity index (χ2v) is 21.0. The van der Waals surface area contributed by atoms with Gasteiger partial charge in [-0.05, 0) is 128 Å². The number of benzene rings is 14. The Bertz CT molecular complexity index is 5280. The fourth-order valence-corrected chi connectivity index (χ4v) is 13.4. The summed E-state index contributed by atoms with van der Waals surface area (Å²) in [4.78, 5) is 4.65. The lowest BCUT2D eigenvalue weighted by atomic mass is 9.97. The first-order valence-electron chi connectivity index (χ1n) is 27.1. The molecule has 0 aliphatic rings. The molecule has 6 heteroatoms. The molecule has 18 aromatic rings. The molecule has 80 heavy (non-hydrogen) atoms. The molecule has 372 valence electrons. The lowest BCUT2D eigenvalue weighted by molar-refractivity contribution is 0.668. The SMILES string of the molecule is c1ccc(N(c2ccc3c(c2)oc2ccc4c(ccc5oc6cc(N(c7ccccc7)c7cc8oc9ccc%10ccccc%10c9c8c8ccccc78)ccc6c54)c23)c2cc3oc4ccc5ccccc5c4c3c3ccccc23)cc1. The molecule has 0 atom stereocenters. The summed E-state index contributed by atoms with van der Waals surface area (Å²) in [5.74, 6) is 0. The minimum absolute atomic E-state index is 0.802. The molecule has 0 saturated heterocycles. The topological polar surface area (TPSA) is 59.0 Å². The van der Waals surface area contributed by atoms with Crippen molar-refractivity contribution in [2.24, 2.45) is 0 Å². The van der Waals surface area contributed by atoms with Crippen LogP contribution < -0.4 is 9.80 Å². The van der Waals surface area contributed by atoms with E-state index in [0.717, 1.165) is 154 Å². The molecule has 6 nitrogen and oxygen atoms in total. The van der Waals surface area contributed by atoms with E-state index in [9.17, 15) is 0 Å². The van der Waals surface area contributed by atoms with Crippen LogP contribution in [0.2, 0.25) is 0 Å². The van der Waals surface area contributed by atoms with E-state index in [0.29, 0.717) is 0 Å². The zero-order valence-corrected chi connectivity index (χ0v) is 42.8. The molecule has 0 bridgehead atoms. The highest BCUT2D eigenvalue weighted by Crippen LogP contribution is 2.50. The van der Waals surface area contributed by atoms with Crippen molar-refractivity contribution in [1.29, 1.82) is 0 Å². The van der Waals surface area contributed by atoms with E-state index in [2.05, 4.69) is 265 Å². The highest BCUT2D eigenvalue weighted by atomic mass is 16.3. The Morgan fingerprint density at radius 3 is 0.963 bits per heavy atom. The van der Waals surface area contributed by atoms with E-state index < -0.39 is 0 Å². The Hall–Kier alpha value is -10.8. The van der Waals surface area contributed by atoms with Crippen molar-refractivity contribution in [3.63, 3.8) is 0 Å². The van der Waals surface area contributed by atoms with E-state index in [1.165, 1.54) is 21.5 Å². The van der Waals surface area contributed by atoms with Crippen LogP contribution in [0.25, 0.3) is 142 Å². The quantitative estimate of drug-likeness (QED) is 0.165. The molecular weight excluding hydrogens is 981 g/mol. The van der Waals surface area contributed by atoms with Crippen LogP contribution in [0.5, 0.6) is 0 Å². The van der Waals surface area contributed by atoms with Crippen LogP contribution in [0.3, 0.4) is 0 Å². The Morgan fingerprint density at radius 1 is 0.188 bits per heavy atom. The minimum Gasteiger partial charge on any atom is -0.456 e. The largest absolute Gasteiger partial charge is 0.456 e. The highest BCUT2D eigenvalue weighted by Gasteiger charge is 2.26. The number of furan rings is 4. The maximum Gasteiger partial charge on any atom is 0.138 e. The Morgan fingerprint density at radius 2 is 0.512 bits per heavy atom. The van der Waals surface area contributed by atoms with Gasteiger partial charge in [0.15, 0.2) is 0 Å². The summed E-state index contributed by atoms with van der Waals surface area (Å²) in [6.45, 7) is 0. The number of hydrogen-bond donors (Lipinski definition) is 0. The molecule has 18 rings (SSSR count). The maximum atomic E-state index is 6.88. The van der Waals surface area contributed by atoms with Gasteiger partial charge in [-0.15, -0.1) is 0 Å². The third-order valence-corrected chi connectivity index (χ3v) is 16.8.